The molecular formula is C17H23N3O2S2. The number of carbonyl (C=O) groups is 2. The highest BCUT2D eigenvalue weighted by molar-refractivity contribution is 8.24. The van der Waals surface area contributed by atoms with Crippen molar-refractivity contribution in [2.45, 2.75) is 24.6 Å². The lowest BCUT2D eigenvalue weighted by Gasteiger charge is -2.42. The molecule has 0 radical (unpaired) electrons. The topological polar surface area (TPSA) is 52.6 Å². The first-order valence-electron chi connectivity index (χ1n) is 7.77. The van der Waals surface area contributed by atoms with E-state index in [4.69, 9.17) is 12.2 Å². The molecule has 1 aromatic rings. The molecule has 1 heterocycles. The van der Waals surface area contributed by atoms with E-state index < -0.39 is 10.8 Å². The van der Waals surface area contributed by atoms with Gasteiger partial charge < -0.3 is 10.2 Å². The molecule has 24 heavy (non-hydrogen) atoms. The number of nitrogens with one attached hydrogen (secondary N) is 1. The fourth-order valence-corrected chi connectivity index (χ4v) is 4.27. The number of carbonyl (C=O) groups excluding carboxylic acids is 2. The van der Waals surface area contributed by atoms with E-state index in [1.54, 1.807) is 29.2 Å². The molecule has 1 unspecified atom stereocenters. The molecular weight excluding hydrogens is 342 g/mol. The Hall–Kier alpha value is -1.44. The Labute approximate surface area is 152 Å². The number of rotatable bonds is 5. The first kappa shape index (κ1) is 18.9. The Morgan fingerprint density at radius 2 is 1.96 bits per heavy atom. The SMILES string of the molecule is CN(C)CCN1C(=O)C(NC(=O)c2ccccc2)C(C)(C)SC1=S. The monoisotopic (exact) mass is 365 g/mol. The maximum atomic E-state index is 12.9. The van der Waals surface area contributed by atoms with E-state index in [2.05, 4.69) is 5.32 Å². The second-order valence-electron chi connectivity index (χ2n) is 6.54. The van der Waals surface area contributed by atoms with Gasteiger partial charge in [-0.15, -0.1) is 0 Å². The first-order valence-corrected chi connectivity index (χ1v) is 9.00. The molecule has 1 N–H and O–H groups in total. The second kappa shape index (κ2) is 7.63. The van der Waals surface area contributed by atoms with Gasteiger partial charge in [-0.25, -0.2) is 0 Å². The van der Waals surface area contributed by atoms with Crippen LogP contribution in [0.2, 0.25) is 0 Å². The Morgan fingerprint density at radius 1 is 1.33 bits per heavy atom. The minimum atomic E-state index is -0.621. The van der Waals surface area contributed by atoms with Gasteiger partial charge in [-0.05, 0) is 40.1 Å². The molecule has 1 aliphatic rings. The standard InChI is InChI=1S/C17H23N3O2S2/c1-17(2)13(18-14(21)12-8-6-5-7-9-12)15(22)20(16(23)24-17)11-10-19(3)4/h5-9,13H,10-11H2,1-4H3,(H,18,21). The molecule has 0 bridgehead atoms. The summed E-state index contributed by atoms with van der Waals surface area (Å²) in [7, 11) is 3.90. The zero-order chi connectivity index (χ0) is 17.9. The highest BCUT2D eigenvalue weighted by atomic mass is 32.2. The number of amides is 2. The molecule has 5 nitrogen and oxygen atoms in total. The highest BCUT2D eigenvalue weighted by Gasteiger charge is 2.46. The summed E-state index contributed by atoms with van der Waals surface area (Å²) in [5.74, 6) is -0.391. The minimum absolute atomic E-state index is 0.144. The van der Waals surface area contributed by atoms with Crippen molar-refractivity contribution in [2.24, 2.45) is 0 Å². The van der Waals surface area contributed by atoms with Crippen LogP contribution in [-0.2, 0) is 4.79 Å². The van der Waals surface area contributed by atoms with Crippen LogP contribution in [0.3, 0.4) is 0 Å². The Bertz CT molecular complexity index is 632. The average Bonchev–Trinajstić information content (AvgIpc) is 2.51. The number of benzene rings is 1. The summed E-state index contributed by atoms with van der Waals surface area (Å²) >= 11 is 6.86. The van der Waals surface area contributed by atoms with Crippen LogP contribution in [0.4, 0.5) is 0 Å². The third-order valence-corrected chi connectivity index (χ3v) is 5.49. The molecule has 1 saturated heterocycles. The summed E-state index contributed by atoms with van der Waals surface area (Å²) in [5, 5.41) is 2.89. The normalized spacial score (nSPS) is 20.4. The van der Waals surface area contributed by atoms with Gasteiger partial charge in [0.15, 0.2) is 0 Å². The molecule has 0 aromatic heterocycles. The average molecular weight is 366 g/mol. The number of hydrogen-bond donors (Lipinski definition) is 1. The molecule has 1 fully saturated rings. The van der Waals surface area contributed by atoms with Crippen molar-refractivity contribution in [1.29, 1.82) is 0 Å². The van der Waals surface area contributed by atoms with Crippen LogP contribution < -0.4 is 5.32 Å². The Kier molecular flexibility index (Phi) is 6.01. The summed E-state index contributed by atoms with van der Waals surface area (Å²) < 4.78 is 0.0739. The summed E-state index contributed by atoms with van der Waals surface area (Å²) in [5.41, 5.74) is 0.541. The molecule has 2 amide bonds. The van der Waals surface area contributed by atoms with E-state index in [1.807, 2.05) is 38.9 Å². The maximum absolute atomic E-state index is 12.9. The third kappa shape index (κ3) is 4.34. The largest absolute Gasteiger partial charge is 0.339 e. The van der Waals surface area contributed by atoms with Gasteiger partial charge in [0.2, 0.25) is 0 Å². The van der Waals surface area contributed by atoms with Crippen LogP contribution in [0, 0.1) is 0 Å². The molecule has 130 valence electrons. The van der Waals surface area contributed by atoms with Crippen LogP contribution in [0.5, 0.6) is 0 Å². The predicted molar refractivity (Wildman–Crippen MR) is 102 cm³/mol. The van der Waals surface area contributed by atoms with Crippen LogP contribution in [0.1, 0.15) is 24.2 Å². The zero-order valence-corrected chi connectivity index (χ0v) is 16.0. The molecule has 0 spiro atoms. The third-order valence-electron chi connectivity index (χ3n) is 3.86. The van der Waals surface area contributed by atoms with Crippen molar-refractivity contribution in [3.05, 3.63) is 35.9 Å². The molecule has 7 heteroatoms. The number of likely N-dealkylation sites (N-methyl/N-ethyl adjacent to an activating group) is 1. The summed E-state index contributed by atoms with van der Waals surface area (Å²) in [6.45, 7) is 5.10. The quantitative estimate of drug-likeness (QED) is 0.809. The Morgan fingerprint density at radius 3 is 2.54 bits per heavy atom. The van der Waals surface area contributed by atoms with Crippen LogP contribution >= 0.6 is 24.0 Å². The van der Waals surface area contributed by atoms with Gasteiger partial charge in [0.05, 0.1) is 0 Å². The maximum Gasteiger partial charge on any atom is 0.252 e. The van der Waals surface area contributed by atoms with Crippen molar-refractivity contribution >= 4 is 40.1 Å². The lowest BCUT2D eigenvalue weighted by atomic mass is 10.0. The minimum Gasteiger partial charge on any atom is -0.339 e. The van der Waals surface area contributed by atoms with Crippen LogP contribution in [0.25, 0.3) is 0 Å². The van der Waals surface area contributed by atoms with Crippen LogP contribution in [0.15, 0.2) is 30.3 Å². The van der Waals surface area contributed by atoms with Crippen molar-refractivity contribution in [3.63, 3.8) is 0 Å². The molecule has 0 aliphatic carbocycles. The van der Waals surface area contributed by atoms with Gasteiger partial charge >= 0.3 is 0 Å². The van der Waals surface area contributed by atoms with E-state index in [1.165, 1.54) is 11.8 Å². The van der Waals surface area contributed by atoms with Gasteiger partial charge in [0.25, 0.3) is 11.8 Å². The van der Waals surface area contributed by atoms with E-state index >= 15 is 0 Å². The number of hydrogen-bond acceptors (Lipinski definition) is 5. The Balaban J connectivity index is 2.17. The van der Waals surface area contributed by atoms with Crippen molar-refractivity contribution in [2.75, 3.05) is 27.2 Å². The van der Waals surface area contributed by atoms with Gasteiger partial charge in [-0.1, -0.05) is 42.2 Å². The fourth-order valence-electron chi connectivity index (χ4n) is 2.42. The van der Waals surface area contributed by atoms with Crippen LogP contribution in [-0.4, -0.2) is 63.9 Å². The van der Waals surface area contributed by atoms with Gasteiger partial charge in [-0.2, -0.15) is 0 Å². The fraction of sp³-hybridized carbons (Fsp3) is 0.471. The number of thioether (sulfide) groups is 1. The van der Waals surface area contributed by atoms with E-state index in [0.29, 0.717) is 23.0 Å². The van der Waals surface area contributed by atoms with E-state index in [-0.39, 0.29) is 11.8 Å². The van der Waals surface area contributed by atoms with E-state index in [9.17, 15) is 9.59 Å². The molecule has 1 aromatic carbocycles. The van der Waals surface area contributed by atoms with Crippen molar-refractivity contribution in [3.8, 4) is 0 Å². The van der Waals surface area contributed by atoms with Gasteiger partial charge in [0, 0.05) is 23.4 Å². The van der Waals surface area contributed by atoms with Crippen molar-refractivity contribution < 1.29 is 9.59 Å². The predicted octanol–water partition coefficient (Wildman–Crippen LogP) is 1.99. The van der Waals surface area contributed by atoms with E-state index in [0.717, 1.165) is 0 Å². The summed E-state index contributed by atoms with van der Waals surface area (Å²) in [6, 6.07) is 8.30. The number of thiocarbonyl (C=S) groups is 1. The summed E-state index contributed by atoms with van der Waals surface area (Å²) in [4.78, 5) is 29.0. The number of nitrogens with zero attached hydrogens (tertiary/aromatic N) is 2. The molecule has 2 rings (SSSR count). The molecule has 0 saturated carbocycles. The zero-order valence-electron chi connectivity index (χ0n) is 14.4. The molecule has 1 aliphatic heterocycles. The second-order valence-corrected chi connectivity index (χ2v) is 8.83. The van der Waals surface area contributed by atoms with Gasteiger partial charge in [0.1, 0.15) is 10.4 Å². The molecule has 1 atom stereocenters. The van der Waals surface area contributed by atoms with Crippen molar-refractivity contribution in [1.82, 2.24) is 15.1 Å². The lowest BCUT2D eigenvalue weighted by Crippen LogP contribution is -2.62. The first-order chi connectivity index (χ1) is 11.2. The van der Waals surface area contributed by atoms with Gasteiger partial charge in [-0.3, -0.25) is 14.5 Å². The lowest BCUT2D eigenvalue weighted by molar-refractivity contribution is -0.130. The smallest absolute Gasteiger partial charge is 0.252 e. The highest BCUT2D eigenvalue weighted by Crippen LogP contribution is 2.36. The summed E-state index contributed by atoms with van der Waals surface area (Å²) in [6.07, 6.45) is 0.